The first-order valence-corrected chi connectivity index (χ1v) is 7.70. The van der Waals surface area contributed by atoms with E-state index in [9.17, 15) is 9.59 Å². The molecule has 126 valence electrons. The highest BCUT2D eigenvalue weighted by Gasteiger charge is 2.35. The summed E-state index contributed by atoms with van der Waals surface area (Å²) in [5.74, 6) is -0.777. The molecule has 1 fully saturated rings. The van der Waals surface area contributed by atoms with Crippen molar-refractivity contribution < 1.29 is 19.1 Å². The molecule has 0 unspecified atom stereocenters. The van der Waals surface area contributed by atoms with Crippen molar-refractivity contribution in [2.24, 2.45) is 0 Å². The highest BCUT2D eigenvalue weighted by atomic mass is 16.5. The Kier molecular flexibility index (Phi) is 5.74. The molecule has 1 aromatic rings. The molecular weight excluding hydrogens is 296 g/mol. The SMILES string of the molecule is COC(=O)C(C)(C)NC(=O)[C@@H]1CN(Cc2ccccc2)CCO1. The fraction of sp³-hybridized carbons (Fsp3) is 0.529. The zero-order valence-electron chi connectivity index (χ0n) is 13.9. The standard InChI is InChI=1S/C17H24N2O4/c1-17(2,16(21)22-3)18-15(20)14-12-19(9-10-23-14)11-13-7-5-4-6-8-13/h4-8,14H,9-12H2,1-3H3,(H,18,20)/t14-/m0/s1. The van der Waals surface area contributed by atoms with Crippen LogP contribution in [0.3, 0.4) is 0 Å². The normalized spacial score (nSPS) is 19.2. The molecule has 1 aromatic carbocycles. The van der Waals surface area contributed by atoms with Crippen LogP contribution in [0.15, 0.2) is 30.3 Å². The zero-order valence-corrected chi connectivity index (χ0v) is 13.9. The fourth-order valence-electron chi connectivity index (χ4n) is 2.54. The van der Waals surface area contributed by atoms with Crippen LogP contribution < -0.4 is 5.32 Å². The molecule has 0 radical (unpaired) electrons. The Hall–Kier alpha value is -1.92. The van der Waals surface area contributed by atoms with Gasteiger partial charge in [-0.1, -0.05) is 30.3 Å². The first-order valence-electron chi connectivity index (χ1n) is 7.70. The second-order valence-electron chi connectivity index (χ2n) is 6.19. The summed E-state index contributed by atoms with van der Waals surface area (Å²) in [5, 5.41) is 2.70. The van der Waals surface area contributed by atoms with Crippen molar-refractivity contribution in [3.63, 3.8) is 0 Å². The number of morpholine rings is 1. The summed E-state index contributed by atoms with van der Waals surface area (Å²) < 4.78 is 10.3. The molecule has 1 N–H and O–H groups in total. The van der Waals surface area contributed by atoms with E-state index in [1.165, 1.54) is 12.7 Å². The van der Waals surface area contributed by atoms with Gasteiger partial charge in [0.05, 0.1) is 13.7 Å². The highest BCUT2D eigenvalue weighted by molar-refractivity contribution is 5.89. The predicted octanol–water partition coefficient (Wildman–Crippen LogP) is 0.955. The van der Waals surface area contributed by atoms with Crippen molar-refractivity contribution in [1.82, 2.24) is 10.2 Å². The van der Waals surface area contributed by atoms with Gasteiger partial charge in [-0.05, 0) is 19.4 Å². The van der Waals surface area contributed by atoms with Gasteiger partial charge in [0.2, 0.25) is 0 Å². The number of nitrogens with zero attached hydrogens (tertiary/aromatic N) is 1. The molecule has 1 amide bonds. The number of esters is 1. The highest BCUT2D eigenvalue weighted by Crippen LogP contribution is 2.12. The number of hydrogen-bond acceptors (Lipinski definition) is 5. The maximum Gasteiger partial charge on any atom is 0.330 e. The number of hydrogen-bond donors (Lipinski definition) is 1. The second-order valence-corrected chi connectivity index (χ2v) is 6.19. The summed E-state index contributed by atoms with van der Waals surface area (Å²) in [7, 11) is 1.30. The molecule has 0 saturated carbocycles. The maximum atomic E-state index is 12.4. The van der Waals surface area contributed by atoms with Crippen LogP contribution in [-0.4, -0.2) is 55.2 Å². The third kappa shape index (κ3) is 4.77. The smallest absolute Gasteiger partial charge is 0.330 e. The van der Waals surface area contributed by atoms with Gasteiger partial charge in [0.1, 0.15) is 11.6 Å². The van der Waals surface area contributed by atoms with Gasteiger partial charge < -0.3 is 14.8 Å². The number of carbonyl (C=O) groups is 2. The van der Waals surface area contributed by atoms with E-state index < -0.39 is 17.6 Å². The molecule has 0 spiro atoms. The van der Waals surface area contributed by atoms with Gasteiger partial charge in [0.15, 0.2) is 0 Å². The average molecular weight is 320 g/mol. The molecule has 6 heteroatoms. The molecule has 2 rings (SSSR count). The molecule has 1 saturated heterocycles. The lowest BCUT2D eigenvalue weighted by atomic mass is 10.1. The zero-order chi connectivity index (χ0) is 16.9. The van der Waals surface area contributed by atoms with E-state index >= 15 is 0 Å². The van der Waals surface area contributed by atoms with Gasteiger partial charge in [-0.15, -0.1) is 0 Å². The van der Waals surface area contributed by atoms with Crippen molar-refractivity contribution in [1.29, 1.82) is 0 Å². The van der Waals surface area contributed by atoms with Gasteiger partial charge in [-0.2, -0.15) is 0 Å². The molecule has 0 bridgehead atoms. The lowest BCUT2D eigenvalue weighted by Crippen LogP contribution is -2.57. The quantitative estimate of drug-likeness (QED) is 0.818. The summed E-state index contributed by atoms with van der Waals surface area (Å²) >= 11 is 0. The third-order valence-electron chi connectivity index (χ3n) is 3.82. The number of ether oxygens (including phenoxy) is 2. The predicted molar refractivity (Wildman–Crippen MR) is 85.7 cm³/mol. The topological polar surface area (TPSA) is 67.9 Å². The van der Waals surface area contributed by atoms with E-state index in [2.05, 4.69) is 22.3 Å². The maximum absolute atomic E-state index is 12.4. The molecular formula is C17H24N2O4. The van der Waals surface area contributed by atoms with Crippen LogP contribution in [-0.2, 0) is 25.6 Å². The van der Waals surface area contributed by atoms with Crippen molar-refractivity contribution >= 4 is 11.9 Å². The molecule has 1 aliphatic heterocycles. The molecule has 1 heterocycles. The molecule has 1 aliphatic rings. The lowest BCUT2D eigenvalue weighted by Gasteiger charge is -2.34. The van der Waals surface area contributed by atoms with Crippen molar-refractivity contribution in [3.05, 3.63) is 35.9 Å². The number of benzene rings is 1. The molecule has 6 nitrogen and oxygen atoms in total. The molecule has 0 aliphatic carbocycles. The van der Waals surface area contributed by atoms with Gasteiger partial charge in [-0.25, -0.2) is 4.79 Å². The number of rotatable bonds is 5. The van der Waals surface area contributed by atoms with Gasteiger partial charge in [0.25, 0.3) is 5.91 Å². The van der Waals surface area contributed by atoms with Crippen LogP contribution in [0.1, 0.15) is 19.4 Å². The number of amides is 1. The lowest BCUT2D eigenvalue weighted by molar-refractivity contribution is -0.153. The third-order valence-corrected chi connectivity index (χ3v) is 3.82. The monoisotopic (exact) mass is 320 g/mol. The minimum absolute atomic E-state index is 0.293. The molecule has 1 atom stereocenters. The van der Waals surface area contributed by atoms with Crippen LogP contribution >= 0.6 is 0 Å². The summed E-state index contributed by atoms with van der Waals surface area (Å²) in [6.45, 7) is 5.76. The Balaban J connectivity index is 1.92. The Morgan fingerprint density at radius 3 is 2.70 bits per heavy atom. The minimum Gasteiger partial charge on any atom is -0.467 e. The Bertz CT molecular complexity index is 545. The Morgan fingerprint density at radius 2 is 2.04 bits per heavy atom. The molecule has 0 aromatic heterocycles. The number of methoxy groups -OCH3 is 1. The van der Waals surface area contributed by atoms with Crippen LogP contribution in [0.4, 0.5) is 0 Å². The van der Waals surface area contributed by atoms with Gasteiger partial charge in [0, 0.05) is 19.6 Å². The first kappa shape index (κ1) is 17.4. The largest absolute Gasteiger partial charge is 0.467 e. The van der Waals surface area contributed by atoms with E-state index in [4.69, 9.17) is 9.47 Å². The minimum atomic E-state index is -1.07. The van der Waals surface area contributed by atoms with E-state index in [-0.39, 0.29) is 5.91 Å². The van der Waals surface area contributed by atoms with E-state index in [1.807, 2.05) is 18.2 Å². The van der Waals surface area contributed by atoms with Crippen LogP contribution in [0, 0.1) is 0 Å². The summed E-state index contributed by atoms with van der Waals surface area (Å²) in [6, 6.07) is 10.1. The van der Waals surface area contributed by atoms with Crippen LogP contribution in [0.25, 0.3) is 0 Å². The van der Waals surface area contributed by atoms with E-state index in [1.54, 1.807) is 13.8 Å². The van der Waals surface area contributed by atoms with Crippen molar-refractivity contribution in [2.75, 3.05) is 26.8 Å². The number of carbonyl (C=O) groups excluding carboxylic acids is 2. The Morgan fingerprint density at radius 1 is 1.35 bits per heavy atom. The first-order chi connectivity index (χ1) is 10.9. The van der Waals surface area contributed by atoms with E-state index in [0.717, 1.165) is 13.1 Å². The van der Waals surface area contributed by atoms with Gasteiger partial charge in [-0.3, -0.25) is 9.69 Å². The number of nitrogens with one attached hydrogen (secondary N) is 1. The second kappa shape index (κ2) is 7.57. The van der Waals surface area contributed by atoms with Crippen LogP contribution in [0.5, 0.6) is 0 Å². The summed E-state index contributed by atoms with van der Waals surface area (Å²) in [6.07, 6.45) is -0.587. The van der Waals surface area contributed by atoms with Crippen LogP contribution in [0.2, 0.25) is 0 Å². The van der Waals surface area contributed by atoms with Crippen molar-refractivity contribution in [3.8, 4) is 0 Å². The molecule has 23 heavy (non-hydrogen) atoms. The Labute approximate surface area is 136 Å². The van der Waals surface area contributed by atoms with Gasteiger partial charge >= 0.3 is 5.97 Å². The fourth-order valence-corrected chi connectivity index (χ4v) is 2.54. The van der Waals surface area contributed by atoms with Crippen molar-refractivity contribution in [2.45, 2.75) is 32.0 Å². The van der Waals surface area contributed by atoms with E-state index in [0.29, 0.717) is 13.2 Å². The summed E-state index contributed by atoms with van der Waals surface area (Å²) in [5.41, 5.74) is 0.125. The summed E-state index contributed by atoms with van der Waals surface area (Å²) in [4.78, 5) is 26.2. The average Bonchev–Trinajstić information content (AvgIpc) is 2.54.